The number of rotatable bonds is 7. The lowest BCUT2D eigenvalue weighted by atomic mass is 9.88. The van der Waals surface area contributed by atoms with Gasteiger partial charge in [-0.25, -0.2) is 4.79 Å². The van der Waals surface area contributed by atoms with Crippen molar-refractivity contribution in [2.24, 2.45) is 5.92 Å². The third kappa shape index (κ3) is 4.46. The summed E-state index contributed by atoms with van der Waals surface area (Å²) in [5, 5.41) is 3.72. The lowest BCUT2D eigenvalue weighted by Crippen LogP contribution is -2.22. The van der Waals surface area contributed by atoms with Crippen LogP contribution in [0.2, 0.25) is 0 Å². The van der Waals surface area contributed by atoms with Gasteiger partial charge in [-0.15, -0.1) is 11.3 Å². The molecule has 0 aliphatic heterocycles. The summed E-state index contributed by atoms with van der Waals surface area (Å²) in [6.07, 6.45) is 4.37. The molecule has 1 aromatic heterocycles. The number of anilines is 1. The van der Waals surface area contributed by atoms with Gasteiger partial charge in [0.05, 0.1) is 18.1 Å². The number of carbonyl (C=O) groups is 2. The zero-order valence-electron chi connectivity index (χ0n) is 16.9. The van der Waals surface area contributed by atoms with E-state index < -0.39 is 0 Å². The molecule has 150 valence electrons. The first-order chi connectivity index (χ1) is 13.5. The summed E-state index contributed by atoms with van der Waals surface area (Å²) in [4.78, 5) is 27.0. The van der Waals surface area contributed by atoms with E-state index in [9.17, 15) is 9.59 Å². The van der Waals surface area contributed by atoms with Crippen molar-refractivity contribution in [2.45, 2.75) is 58.8 Å². The smallest absolute Gasteiger partial charge is 0.341 e. The van der Waals surface area contributed by atoms with Gasteiger partial charge in [0.15, 0.2) is 0 Å². The molecule has 2 unspecified atom stereocenters. The Morgan fingerprint density at radius 2 is 2.00 bits per heavy atom. The fourth-order valence-corrected chi connectivity index (χ4v) is 5.18. The van der Waals surface area contributed by atoms with Crippen LogP contribution in [0.1, 0.15) is 72.3 Å². The van der Waals surface area contributed by atoms with Crippen LogP contribution in [0, 0.1) is 5.92 Å². The summed E-state index contributed by atoms with van der Waals surface area (Å²) >= 11 is 1.55. The van der Waals surface area contributed by atoms with Crippen LogP contribution in [0.4, 0.5) is 5.00 Å². The maximum Gasteiger partial charge on any atom is 0.341 e. The summed E-state index contributed by atoms with van der Waals surface area (Å²) in [5.41, 5.74) is 2.65. The molecule has 2 atom stereocenters. The third-order valence-electron chi connectivity index (χ3n) is 5.32. The second-order valence-electron chi connectivity index (χ2n) is 7.55. The van der Waals surface area contributed by atoms with Crippen LogP contribution in [-0.4, -0.2) is 18.5 Å². The van der Waals surface area contributed by atoms with E-state index in [1.807, 2.05) is 44.2 Å². The number of fused-ring (bicyclic) bond motifs is 1. The molecule has 0 fully saturated rings. The van der Waals surface area contributed by atoms with Crippen LogP contribution in [0.5, 0.6) is 0 Å². The van der Waals surface area contributed by atoms with E-state index in [1.165, 1.54) is 4.88 Å². The predicted octanol–water partition coefficient (Wildman–Crippen LogP) is 5.57. The Bertz CT molecular complexity index is 828. The Hall–Kier alpha value is -2.14. The SMILES string of the molecule is CCCOC(=O)c1c(NC(=O)C(CC)c2ccccc2)sc2c1CCC(C)C2. The van der Waals surface area contributed by atoms with Crippen LogP contribution in [0.15, 0.2) is 30.3 Å². The van der Waals surface area contributed by atoms with Crippen molar-refractivity contribution in [1.29, 1.82) is 0 Å². The Labute approximate surface area is 171 Å². The quantitative estimate of drug-likeness (QED) is 0.619. The predicted molar refractivity (Wildman–Crippen MR) is 114 cm³/mol. The third-order valence-corrected chi connectivity index (χ3v) is 6.49. The molecule has 1 aliphatic rings. The largest absolute Gasteiger partial charge is 0.462 e. The minimum absolute atomic E-state index is 0.0649. The summed E-state index contributed by atoms with van der Waals surface area (Å²) in [6.45, 7) is 6.62. The van der Waals surface area contributed by atoms with Gasteiger partial charge in [0.1, 0.15) is 5.00 Å². The molecule has 1 heterocycles. The Morgan fingerprint density at radius 3 is 2.68 bits per heavy atom. The maximum atomic E-state index is 13.1. The van der Waals surface area contributed by atoms with E-state index in [0.717, 1.165) is 36.8 Å². The molecule has 0 saturated carbocycles. The van der Waals surface area contributed by atoms with Crippen molar-refractivity contribution in [2.75, 3.05) is 11.9 Å². The highest BCUT2D eigenvalue weighted by atomic mass is 32.1. The number of carbonyl (C=O) groups excluding carboxylic acids is 2. The number of thiophene rings is 1. The molecule has 0 radical (unpaired) electrons. The van der Waals surface area contributed by atoms with Gasteiger partial charge >= 0.3 is 5.97 Å². The van der Waals surface area contributed by atoms with Crippen molar-refractivity contribution in [3.63, 3.8) is 0 Å². The Balaban J connectivity index is 1.90. The van der Waals surface area contributed by atoms with Gasteiger partial charge in [0.2, 0.25) is 5.91 Å². The monoisotopic (exact) mass is 399 g/mol. The molecule has 2 aromatic rings. The molecule has 0 bridgehead atoms. The van der Waals surface area contributed by atoms with Crippen molar-refractivity contribution >= 4 is 28.2 Å². The highest BCUT2D eigenvalue weighted by Crippen LogP contribution is 2.40. The molecule has 1 aromatic carbocycles. The van der Waals surface area contributed by atoms with Gasteiger partial charge in [-0.1, -0.05) is 51.1 Å². The zero-order valence-corrected chi connectivity index (χ0v) is 17.7. The van der Waals surface area contributed by atoms with Crippen LogP contribution in [0.3, 0.4) is 0 Å². The molecule has 4 nitrogen and oxygen atoms in total. The van der Waals surface area contributed by atoms with Crippen LogP contribution >= 0.6 is 11.3 Å². The van der Waals surface area contributed by atoms with Gasteiger partial charge in [-0.05, 0) is 49.1 Å². The van der Waals surface area contributed by atoms with E-state index in [1.54, 1.807) is 11.3 Å². The summed E-state index contributed by atoms with van der Waals surface area (Å²) in [7, 11) is 0. The first-order valence-corrected chi connectivity index (χ1v) is 11.0. The molecule has 5 heteroatoms. The number of benzene rings is 1. The van der Waals surface area contributed by atoms with Crippen molar-refractivity contribution < 1.29 is 14.3 Å². The normalized spacial score (nSPS) is 16.9. The summed E-state index contributed by atoms with van der Waals surface area (Å²) in [5.74, 6) is -0.0115. The molecule has 0 saturated heterocycles. The molecule has 1 aliphatic carbocycles. The average Bonchev–Trinajstić information content (AvgIpc) is 3.04. The molecule has 3 rings (SSSR count). The van der Waals surface area contributed by atoms with Gasteiger partial charge in [-0.3, -0.25) is 4.79 Å². The van der Waals surface area contributed by atoms with E-state index in [-0.39, 0.29) is 17.8 Å². The minimum Gasteiger partial charge on any atom is -0.462 e. The standard InChI is InChI=1S/C23H29NO3S/c1-4-13-27-23(26)20-18-12-11-15(3)14-19(18)28-22(20)24-21(25)17(5-2)16-9-7-6-8-10-16/h6-10,15,17H,4-5,11-14H2,1-3H3,(H,24,25). The van der Waals surface area contributed by atoms with Gasteiger partial charge in [0.25, 0.3) is 0 Å². The first kappa shape index (κ1) is 20.6. The lowest BCUT2D eigenvalue weighted by molar-refractivity contribution is -0.117. The van der Waals surface area contributed by atoms with Gasteiger partial charge in [0, 0.05) is 4.88 Å². The number of nitrogens with one attached hydrogen (secondary N) is 1. The average molecular weight is 400 g/mol. The molecule has 28 heavy (non-hydrogen) atoms. The van der Waals surface area contributed by atoms with Crippen LogP contribution in [-0.2, 0) is 22.4 Å². The Kier molecular flexibility index (Phi) is 6.89. The van der Waals surface area contributed by atoms with Crippen molar-refractivity contribution in [3.8, 4) is 0 Å². The summed E-state index contributed by atoms with van der Waals surface area (Å²) < 4.78 is 5.44. The second-order valence-corrected chi connectivity index (χ2v) is 8.66. The first-order valence-electron chi connectivity index (χ1n) is 10.2. The van der Waals surface area contributed by atoms with E-state index in [4.69, 9.17) is 4.74 Å². The number of ether oxygens (including phenoxy) is 1. The van der Waals surface area contributed by atoms with Crippen LogP contribution < -0.4 is 5.32 Å². The number of amides is 1. The molecular formula is C23H29NO3S. The lowest BCUT2D eigenvalue weighted by Gasteiger charge is -2.18. The number of esters is 1. The van der Waals surface area contributed by atoms with E-state index >= 15 is 0 Å². The topological polar surface area (TPSA) is 55.4 Å². The molecule has 1 N–H and O–H groups in total. The van der Waals surface area contributed by atoms with Gasteiger partial charge in [-0.2, -0.15) is 0 Å². The van der Waals surface area contributed by atoms with E-state index in [2.05, 4.69) is 12.2 Å². The number of hydrogen-bond donors (Lipinski definition) is 1. The minimum atomic E-state index is -0.308. The molecular weight excluding hydrogens is 370 g/mol. The molecule has 1 amide bonds. The Morgan fingerprint density at radius 1 is 1.25 bits per heavy atom. The van der Waals surface area contributed by atoms with E-state index in [0.29, 0.717) is 29.5 Å². The van der Waals surface area contributed by atoms with Crippen molar-refractivity contribution in [3.05, 3.63) is 51.9 Å². The fraction of sp³-hybridized carbons (Fsp3) is 0.478. The van der Waals surface area contributed by atoms with Crippen molar-refractivity contribution in [1.82, 2.24) is 0 Å². The highest BCUT2D eigenvalue weighted by molar-refractivity contribution is 7.17. The maximum absolute atomic E-state index is 13.1. The van der Waals surface area contributed by atoms with Gasteiger partial charge < -0.3 is 10.1 Å². The highest BCUT2D eigenvalue weighted by Gasteiger charge is 2.30. The van der Waals surface area contributed by atoms with Crippen LogP contribution in [0.25, 0.3) is 0 Å². The second kappa shape index (κ2) is 9.37. The molecule has 0 spiro atoms. The fourth-order valence-electron chi connectivity index (χ4n) is 3.78. The number of hydrogen-bond acceptors (Lipinski definition) is 4. The zero-order chi connectivity index (χ0) is 20.1. The summed E-state index contributed by atoms with van der Waals surface area (Å²) in [6, 6.07) is 9.80.